The van der Waals surface area contributed by atoms with Gasteiger partial charge in [-0.15, -0.1) is 11.3 Å². The van der Waals surface area contributed by atoms with Crippen LogP contribution in [0.15, 0.2) is 69.8 Å². The van der Waals surface area contributed by atoms with Crippen molar-refractivity contribution in [2.24, 2.45) is 0 Å². The molecule has 0 saturated carbocycles. The molecule has 3 aromatic rings. The SMILES string of the molecule is Cc1cccc(COc2ccc(Sc3ccsc3C3NC(=O)NC3=O)cc2)c1. The summed E-state index contributed by atoms with van der Waals surface area (Å²) in [6, 6.07) is 17.0. The normalized spacial score (nSPS) is 16.0. The minimum atomic E-state index is -0.619. The number of thiophene rings is 1. The standard InChI is InChI=1S/C21H18N2O3S2/c1-13-3-2-4-14(11-13)12-26-15-5-7-16(8-6-15)28-17-9-10-27-19(17)18-20(24)23-21(25)22-18/h2-11,18H,12H2,1H3,(H2,22,23,24,25). The zero-order valence-electron chi connectivity index (χ0n) is 15.1. The average Bonchev–Trinajstić information content (AvgIpc) is 3.26. The van der Waals surface area contributed by atoms with Crippen LogP contribution >= 0.6 is 23.1 Å². The van der Waals surface area contributed by atoms with E-state index < -0.39 is 12.1 Å². The highest BCUT2D eigenvalue weighted by atomic mass is 32.2. The number of rotatable bonds is 6. The Balaban J connectivity index is 1.41. The van der Waals surface area contributed by atoms with E-state index in [9.17, 15) is 9.59 Å². The molecule has 3 amide bonds. The van der Waals surface area contributed by atoms with Crippen LogP contribution in [0.5, 0.6) is 5.75 Å². The van der Waals surface area contributed by atoms with Gasteiger partial charge in [0.1, 0.15) is 18.4 Å². The van der Waals surface area contributed by atoms with Crippen LogP contribution in [0.3, 0.4) is 0 Å². The van der Waals surface area contributed by atoms with Gasteiger partial charge in [-0.25, -0.2) is 4.79 Å². The molecule has 1 fully saturated rings. The minimum Gasteiger partial charge on any atom is -0.489 e. The molecule has 0 spiro atoms. The maximum absolute atomic E-state index is 11.9. The lowest BCUT2D eigenvalue weighted by Gasteiger charge is -2.10. The molecule has 1 aliphatic rings. The van der Waals surface area contributed by atoms with Crippen molar-refractivity contribution in [2.45, 2.75) is 29.4 Å². The number of carbonyl (C=O) groups excluding carboxylic acids is 2. The molecule has 1 unspecified atom stereocenters. The van der Waals surface area contributed by atoms with Gasteiger partial charge in [0, 0.05) is 9.79 Å². The second kappa shape index (κ2) is 8.08. The van der Waals surface area contributed by atoms with Crippen LogP contribution in [-0.4, -0.2) is 11.9 Å². The fourth-order valence-corrected chi connectivity index (χ4v) is 4.98. The van der Waals surface area contributed by atoms with E-state index in [-0.39, 0.29) is 5.91 Å². The van der Waals surface area contributed by atoms with Crippen LogP contribution in [0.2, 0.25) is 0 Å². The van der Waals surface area contributed by atoms with Gasteiger partial charge < -0.3 is 10.1 Å². The molecule has 1 aromatic heterocycles. The summed E-state index contributed by atoms with van der Waals surface area (Å²) in [5.41, 5.74) is 2.35. The monoisotopic (exact) mass is 410 g/mol. The molecule has 7 heteroatoms. The molecular weight excluding hydrogens is 392 g/mol. The van der Waals surface area contributed by atoms with Crippen LogP contribution in [0.1, 0.15) is 22.0 Å². The summed E-state index contributed by atoms with van der Waals surface area (Å²) < 4.78 is 5.86. The average molecular weight is 411 g/mol. The van der Waals surface area contributed by atoms with Gasteiger partial charge in [0.05, 0.1) is 4.88 Å². The van der Waals surface area contributed by atoms with Crippen LogP contribution in [0.25, 0.3) is 0 Å². The first-order chi connectivity index (χ1) is 13.6. The first-order valence-electron chi connectivity index (χ1n) is 8.73. The van der Waals surface area contributed by atoms with E-state index in [1.165, 1.54) is 16.9 Å². The summed E-state index contributed by atoms with van der Waals surface area (Å²) in [7, 11) is 0. The predicted molar refractivity (Wildman–Crippen MR) is 110 cm³/mol. The number of benzene rings is 2. The molecular formula is C21H18N2O3S2. The number of urea groups is 1. The number of carbonyl (C=O) groups is 2. The van der Waals surface area contributed by atoms with E-state index in [1.54, 1.807) is 11.8 Å². The summed E-state index contributed by atoms with van der Waals surface area (Å²) in [5.74, 6) is 0.494. The zero-order valence-corrected chi connectivity index (χ0v) is 16.7. The molecule has 28 heavy (non-hydrogen) atoms. The van der Waals surface area contributed by atoms with E-state index in [4.69, 9.17) is 4.74 Å². The number of nitrogens with one attached hydrogen (secondary N) is 2. The number of hydrogen-bond donors (Lipinski definition) is 2. The van der Waals surface area contributed by atoms with Crippen LogP contribution in [0, 0.1) is 6.92 Å². The summed E-state index contributed by atoms with van der Waals surface area (Å²) in [6.45, 7) is 2.59. The van der Waals surface area contributed by atoms with Gasteiger partial charge in [-0.2, -0.15) is 0 Å². The third-order valence-corrected chi connectivity index (χ3v) is 6.43. The number of imide groups is 1. The Hall–Kier alpha value is -2.77. The van der Waals surface area contributed by atoms with Gasteiger partial charge in [0.15, 0.2) is 0 Å². The molecule has 0 bridgehead atoms. The van der Waals surface area contributed by atoms with Crippen molar-refractivity contribution in [3.8, 4) is 5.75 Å². The number of amides is 3. The molecule has 0 radical (unpaired) electrons. The van der Waals surface area contributed by atoms with Gasteiger partial charge in [-0.1, -0.05) is 41.6 Å². The maximum atomic E-state index is 11.9. The summed E-state index contributed by atoms with van der Waals surface area (Å²) in [5, 5.41) is 6.86. The van der Waals surface area contributed by atoms with Gasteiger partial charge in [0.25, 0.3) is 5.91 Å². The summed E-state index contributed by atoms with van der Waals surface area (Å²) >= 11 is 3.02. The fourth-order valence-electron chi connectivity index (χ4n) is 2.90. The maximum Gasteiger partial charge on any atom is 0.322 e. The Morgan fingerprint density at radius 2 is 1.93 bits per heavy atom. The number of hydrogen-bond acceptors (Lipinski definition) is 5. The summed E-state index contributed by atoms with van der Waals surface area (Å²) in [4.78, 5) is 26.2. The Morgan fingerprint density at radius 3 is 2.64 bits per heavy atom. The van der Waals surface area contributed by atoms with Gasteiger partial charge in [-0.3, -0.25) is 10.1 Å². The Kier molecular flexibility index (Phi) is 5.36. The quantitative estimate of drug-likeness (QED) is 0.580. The van der Waals surface area contributed by atoms with Crippen molar-refractivity contribution in [3.05, 3.63) is 76.0 Å². The highest BCUT2D eigenvalue weighted by Crippen LogP contribution is 2.38. The summed E-state index contributed by atoms with van der Waals surface area (Å²) in [6.07, 6.45) is 0. The van der Waals surface area contributed by atoms with Gasteiger partial charge >= 0.3 is 6.03 Å². The van der Waals surface area contributed by atoms with Crippen LogP contribution < -0.4 is 15.4 Å². The smallest absolute Gasteiger partial charge is 0.322 e. The second-order valence-electron chi connectivity index (χ2n) is 6.40. The lowest BCUT2D eigenvalue weighted by Crippen LogP contribution is -2.22. The fraction of sp³-hybridized carbons (Fsp3) is 0.143. The largest absolute Gasteiger partial charge is 0.489 e. The molecule has 1 aliphatic heterocycles. The lowest BCUT2D eigenvalue weighted by molar-refractivity contribution is -0.120. The van der Waals surface area contributed by atoms with E-state index >= 15 is 0 Å². The highest BCUT2D eigenvalue weighted by Gasteiger charge is 2.33. The van der Waals surface area contributed by atoms with Crippen LogP contribution in [-0.2, 0) is 11.4 Å². The molecule has 2 aromatic carbocycles. The molecule has 2 N–H and O–H groups in total. The second-order valence-corrected chi connectivity index (χ2v) is 8.46. The van der Waals surface area contributed by atoms with E-state index in [2.05, 4.69) is 29.7 Å². The Bertz CT molecular complexity index is 1010. The van der Waals surface area contributed by atoms with Crippen molar-refractivity contribution in [3.63, 3.8) is 0 Å². The third kappa shape index (κ3) is 4.21. The van der Waals surface area contributed by atoms with Crippen molar-refractivity contribution in [1.82, 2.24) is 10.6 Å². The van der Waals surface area contributed by atoms with Gasteiger partial charge in [0.2, 0.25) is 0 Å². The third-order valence-electron chi connectivity index (χ3n) is 4.23. The van der Waals surface area contributed by atoms with E-state index in [0.29, 0.717) is 6.61 Å². The van der Waals surface area contributed by atoms with E-state index in [1.807, 2.05) is 47.8 Å². The number of aryl methyl sites for hydroxylation is 1. The van der Waals surface area contributed by atoms with Gasteiger partial charge in [-0.05, 0) is 48.2 Å². The first-order valence-corrected chi connectivity index (χ1v) is 10.4. The molecule has 0 aliphatic carbocycles. The Morgan fingerprint density at radius 1 is 1.11 bits per heavy atom. The van der Waals surface area contributed by atoms with Crippen molar-refractivity contribution >= 4 is 35.0 Å². The molecule has 4 rings (SSSR count). The minimum absolute atomic E-state index is 0.311. The van der Waals surface area contributed by atoms with Crippen molar-refractivity contribution in [2.75, 3.05) is 0 Å². The molecule has 2 heterocycles. The molecule has 1 atom stereocenters. The predicted octanol–water partition coefficient (Wildman–Crippen LogP) is 4.67. The van der Waals surface area contributed by atoms with Crippen molar-refractivity contribution < 1.29 is 14.3 Å². The first kappa shape index (κ1) is 18.6. The Labute approximate surface area is 171 Å². The molecule has 1 saturated heterocycles. The zero-order chi connectivity index (χ0) is 19.5. The molecule has 142 valence electrons. The number of ether oxygens (including phenoxy) is 1. The van der Waals surface area contributed by atoms with Crippen LogP contribution in [0.4, 0.5) is 4.79 Å². The molecule has 5 nitrogen and oxygen atoms in total. The lowest BCUT2D eigenvalue weighted by atomic mass is 10.1. The van der Waals surface area contributed by atoms with E-state index in [0.717, 1.165) is 26.0 Å². The highest BCUT2D eigenvalue weighted by molar-refractivity contribution is 7.99. The topological polar surface area (TPSA) is 67.4 Å². The van der Waals surface area contributed by atoms with Crippen molar-refractivity contribution in [1.29, 1.82) is 0 Å².